The van der Waals surface area contributed by atoms with Gasteiger partial charge in [-0.25, -0.2) is 4.98 Å². The third-order valence-corrected chi connectivity index (χ3v) is 4.45. The molecule has 0 bridgehead atoms. The molecule has 0 atom stereocenters. The molecule has 5 heteroatoms. The number of carbonyl (C=O) groups excluding carboxylic acids is 1. The van der Waals surface area contributed by atoms with E-state index in [-0.39, 0.29) is 5.91 Å². The van der Waals surface area contributed by atoms with E-state index in [1.54, 1.807) is 7.11 Å². The van der Waals surface area contributed by atoms with E-state index in [4.69, 9.17) is 4.74 Å². The first-order chi connectivity index (χ1) is 13.2. The normalized spacial score (nSPS) is 10.7. The smallest absolute Gasteiger partial charge is 0.255 e. The fourth-order valence-corrected chi connectivity index (χ4v) is 3.12. The van der Waals surface area contributed by atoms with Gasteiger partial charge in [-0.1, -0.05) is 18.2 Å². The van der Waals surface area contributed by atoms with E-state index in [0.717, 1.165) is 28.3 Å². The summed E-state index contributed by atoms with van der Waals surface area (Å²) in [6.07, 6.45) is 0. The van der Waals surface area contributed by atoms with Crippen LogP contribution in [0.4, 0.5) is 5.69 Å². The van der Waals surface area contributed by atoms with E-state index < -0.39 is 0 Å². The zero-order valence-corrected chi connectivity index (χ0v) is 15.1. The Bertz CT molecular complexity index is 1100. The molecule has 5 nitrogen and oxygen atoms in total. The first kappa shape index (κ1) is 16.8. The summed E-state index contributed by atoms with van der Waals surface area (Å²) >= 11 is 0. The third kappa shape index (κ3) is 3.27. The first-order valence-electron chi connectivity index (χ1n) is 8.65. The number of anilines is 1. The summed E-state index contributed by atoms with van der Waals surface area (Å²) in [5.41, 5.74) is 4.09. The number of benzene rings is 3. The predicted molar refractivity (Wildman–Crippen MR) is 107 cm³/mol. The van der Waals surface area contributed by atoms with Crippen LogP contribution in [0.2, 0.25) is 0 Å². The average molecular weight is 357 g/mol. The Hall–Kier alpha value is -3.60. The summed E-state index contributed by atoms with van der Waals surface area (Å²) in [5, 5.41) is 2.90. The molecule has 4 aromatic rings. The van der Waals surface area contributed by atoms with E-state index in [1.807, 2.05) is 79.7 Å². The van der Waals surface area contributed by atoms with Crippen LogP contribution < -0.4 is 10.1 Å². The molecule has 0 radical (unpaired) electrons. The highest BCUT2D eigenvalue weighted by atomic mass is 16.5. The molecule has 0 aliphatic heterocycles. The number of aryl methyl sites for hydroxylation is 1. The Kier molecular flexibility index (Phi) is 4.34. The summed E-state index contributed by atoms with van der Waals surface area (Å²) < 4.78 is 7.22. The van der Waals surface area contributed by atoms with Crippen LogP contribution in [0.15, 0.2) is 72.8 Å². The molecular formula is C22H19N3O2. The minimum absolute atomic E-state index is 0.172. The van der Waals surface area contributed by atoms with Crippen molar-refractivity contribution in [3.8, 4) is 11.4 Å². The molecule has 0 saturated heterocycles. The number of fused-ring (bicyclic) bond motifs is 1. The number of nitrogens with zero attached hydrogens (tertiary/aromatic N) is 2. The number of amides is 1. The van der Waals surface area contributed by atoms with Crippen molar-refractivity contribution in [3.63, 3.8) is 0 Å². The molecule has 27 heavy (non-hydrogen) atoms. The summed E-state index contributed by atoms with van der Waals surface area (Å²) in [4.78, 5) is 17.2. The molecule has 1 amide bonds. The molecule has 0 aliphatic rings. The lowest BCUT2D eigenvalue weighted by atomic mass is 10.1. The Morgan fingerprint density at radius 3 is 2.44 bits per heavy atom. The summed E-state index contributed by atoms with van der Waals surface area (Å²) in [5.74, 6) is 1.45. The van der Waals surface area contributed by atoms with Gasteiger partial charge in [-0.2, -0.15) is 0 Å². The fraction of sp³-hybridized carbons (Fsp3) is 0.0909. The van der Waals surface area contributed by atoms with E-state index >= 15 is 0 Å². The standard InChI is InChI=1S/C22H19N3O2/c1-15-23-20-14-16(22(26)24-17-9-11-19(27-2)12-10-17)8-13-21(20)25(15)18-6-4-3-5-7-18/h3-14H,1-2H3,(H,24,26). The van der Waals surface area contributed by atoms with Crippen molar-refractivity contribution in [1.29, 1.82) is 0 Å². The summed E-state index contributed by atoms with van der Waals surface area (Å²) in [7, 11) is 1.61. The second-order valence-corrected chi connectivity index (χ2v) is 6.22. The molecule has 0 spiro atoms. The molecule has 1 aromatic heterocycles. The Labute approximate surface area is 157 Å². The van der Waals surface area contributed by atoms with Crippen LogP contribution in [0, 0.1) is 6.92 Å². The van der Waals surface area contributed by atoms with E-state index in [0.29, 0.717) is 11.3 Å². The third-order valence-electron chi connectivity index (χ3n) is 4.45. The van der Waals surface area contributed by atoms with Crippen LogP contribution in [0.3, 0.4) is 0 Å². The second kappa shape index (κ2) is 6.96. The van der Waals surface area contributed by atoms with Gasteiger partial charge in [-0.05, 0) is 61.5 Å². The van der Waals surface area contributed by atoms with Gasteiger partial charge in [0, 0.05) is 16.9 Å². The van der Waals surface area contributed by atoms with Crippen molar-refractivity contribution in [3.05, 3.63) is 84.2 Å². The number of imidazole rings is 1. The number of carbonyl (C=O) groups is 1. The Morgan fingerprint density at radius 1 is 1.00 bits per heavy atom. The molecule has 3 aromatic carbocycles. The monoisotopic (exact) mass is 357 g/mol. The number of aromatic nitrogens is 2. The van der Waals surface area contributed by atoms with Gasteiger partial charge in [0.15, 0.2) is 0 Å². The minimum atomic E-state index is -0.172. The number of rotatable bonds is 4. The highest BCUT2D eigenvalue weighted by molar-refractivity contribution is 6.06. The topological polar surface area (TPSA) is 56.1 Å². The van der Waals surface area contributed by atoms with E-state index in [9.17, 15) is 4.79 Å². The molecular weight excluding hydrogens is 338 g/mol. The van der Waals surface area contributed by atoms with E-state index in [2.05, 4.69) is 14.9 Å². The van der Waals surface area contributed by atoms with Gasteiger partial charge < -0.3 is 10.1 Å². The number of nitrogens with one attached hydrogen (secondary N) is 1. The maximum atomic E-state index is 12.6. The van der Waals surface area contributed by atoms with Crippen LogP contribution in [0.5, 0.6) is 5.75 Å². The molecule has 134 valence electrons. The summed E-state index contributed by atoms with van der Waals surface area (Å²) in [6.45, 7) is 1.96. The van der Waals surface area contributed by atoms with Gasteiger partial charge in [0.25, 0.3) is 5.91 Å². The lowest BCUT2D eigenvalue weighted by Gasteiger charge is -2.08. The largest absolute Gasteiger partial charge is 0.497 e. The molecule has 0 saturated carbocycles. The van der Waals surface area contributed by atoms with Crippen LogP contribution in [-0.2, 0) is 0 Å². The quantitative estimate of drug-likeness (QED) is 0.581. The van der Waals surface area contributed by atoms with Crippen LogP contribution >= 0.6 is 0 Å². The maximum absolute atomic E-state index is 12.6. The van der Waals surface area contributed by atoms with E-state index in [1.165, 1.54) is 0 Å². The van der Waals surface area contributed by atoms with Crippen molar-refractivity contribution >= 4 is 22.6 Å². The molecule has 0 unspecified atom stereocenters. The number of para-hydroxylation sites is 1. The lowest BCUT2D eigenvalue weighted by Crippen LogP contribution is -2.11. The predicted octanol–water partition coefficient (Wildman–Crippen LogP) is 4.59. The zero-order chi connectivity index (χ0) is 18.8. The van der Waals surface area contributed by atoms with Crippen LogP contribution in [0.1, 0.15) is 16.2 Å². The molecule has 0 fully saturated rings. The van der Waals surface area contributed by atoms with Gasteiger partial charge in [-0.15, -0.1) is 0 Å². The first-order valence-corrected chi connectivity index (χ1v) is 8.65. The van der Waals surface area contributed by atoms with Crippen molar-refractivity contribution < 1.29 is 9.53 Å². The van der Waals surface area contributed by atoms with Crippen LogP contribution in [0.25, 0.3) is 16.7 Å². The number of hydrogen-bond donors (Lipinski definition) is 1. The number of methoxy groups -OCH3 is 1. The number of hydrogen-bond acceptors (Lipinski definition) is 3. The summed E-state index contributed by atoms with van der Waals surface area (Å²) in [6, 6.07) is 22.9. The van der Waals surface area contributed by atoms with Gasteiger partial charge in [-0.3, -0.25) is 9.36 Å². The zero-order valence-electron chi connectivity index (χ0n) is 15.1. The SMILES string of the molecule is COc1ccc(NC(=O)c2ccc3c(c2)nc(C)n3-c2ccccc2)cc1. The van der Waals surface area contributed by atoms with Crippen molar-refractivity contribution in [2.45, 2.75) is 6.92 Å². The van der Waals surface area contributed by atoms with Crippen molar-refractivity contribution in [2.24, 2.45) is 0 Å². The Morgan fingerprint density at radius 2 is 1.74 bits per heavy atom. The highest BCUT2D eigenvalue weighted by Gasteiger charge is 2.13. The van der Waals surface area contributed by atoms with Crippen LogP contribution in [-0.4, -0.2) is 22.6 Å². The lowest BCUT2D eigenvalue weighted by molar-refractivity contribution is 0.102. The average Bonchev–Trinajstić information content (AvgIpc) is 3.04. The highest BCUT2D eigenvalue weighted by Crippen LogP contribution is 2.23. The molecule has 1 N–H and O–H groups in total. The van der Waals surface area contributed by atoms with Crippen molar-refractivity contribution in [2.75, 3.05) is 12.4 Å². The van der Waals surface area contributed by atoms with Gasteiger partial charge in [0.2, 0.25) is 0 Å². The minimum Gasteiger partial charge on any atom is -0.497 e. The second-order valence-electron chi connectivity index (χ2n) is 6.22. The number of ether oxygens (including phenoxy) is 1. The molecule has 0 aliphatic carbocycles. The molecule has 1 heterocycles. The maximum Gasteiger partial charge on any atom is 0.255 e. The van der Waals surface area contributed by atoms with Crippen molar-refractivity contribution in [1.82, 2.24) is 9.55 Å². The Balaban J connectivity index is 1.64. The molecule has 4 rings (SSSR count). The van der Waals surface area contributed by atoms with Gasteiger partial charge in [0.1, 0.15) is 11.6 Å². The van der Waals surface area contributed by atoms with Gasteiger partial charge in [0.05, 0.1) is 18.1 Å². The van der Waals surface area contributed by atoms with Gasteiger partial charge >= 0.3 is 0 Å². The fourth-order valence-electron chi connectivity index (χ4n) is 3.12.